The molecule has 1 saturated heterocycles. The molecule has 3 atom stereocenters. The first kappa shape index (κ1) is 17.6. The third-order valence-corrected chi connectivity index (χ3v) is 5.85. The predicted octanol–water partition coefficient (Wildman–Crippen LogP) is 3.37. The number of nitrogens with zero attached hydrogens (tertiary/aromatic N) is 2. The van der Waals surface area contributed by atoms with E-state index in [0.29, 0.717) is 39.9 Å². The monoisotopic (exact) mass is 395 g/mol. The number of fused-ring (bicyclic) bond motifs is 1. The van der Waals surface area contributed by atoms with Crippen LogP contribution < -0.4 is 10.5 Å². The van der Waals surface area contributed by atoms with Gasteiger partial charge in [-0.3, -0.25) is 4.79 Å². The lowest BCUT2D eigenvalue weighted by molar-refractivity contribution is 0.0769. The van der Waals surface area contributed by atoms with Gasteiger partial charge in [-0.15, -0.1) is 0 Å². The molecular weight excluding hydrogens is 377 g/mol. The van der Waals surface area contributed by atoms with Gasteiger partial charge < -0.3 is 19.9 Å². The highest BCUT2D eigenvalue weighted by Gasteiger charge is 2.43. The number of ether oxygens (including phenoxy) is 1. The molecule has 1 aromatic heterocycles. The van der Waals surface area contributed by atoms with Gasteiger partial charge in [0.25, 0.3) is 5.91 Å². The quantitative estimate of drug-likeness (QED) is 0.857. The number of carbonyl (C=O) groups excluding carboxylic acids is 1. The van der Waals surface area contributed by atoms with Crippen LogP contribution in [0.3, 0.4) is 0 Å². The van der Waals surface area contributed by atoms with Crippen LogP contribution in [0.4, 0.5) is 0 Å². The molecule has 1 aliphatic heterocycles. The van der Waals surface area contributed by atoms with Gasteiger partial charge in [0.1, 0.15) is 6.61 Å². The van der Waals surface area contributed by atoms with Crippen molar-refractivity contribution in [2.24, 2.45) is 17.6 Å². The van der Waals surface area contributed by atoms with E-state index in [2.05, 4.69) is 5.16 Å². The lowest BCUT2D eigenvalue weighted by atomic mass is 9.98. The first-order chi connectivity index (χ1) is 12.5. The molecule has 26 heavy (non-hydrogen) atoms. The molecule has 1 aromatic carbocycles. The standard InChI is InChI=1S/C18H19Cl2N3O3/c19-13-2-1-3-14(20)17(13)25-9-11-6-16(22-26-11)18(24)23-7-10-4-5-15(21)12(10)8-23/h1-3,6,10,12,15H,4-5,7-9,21H2. The minimum atomic E-state index is -0.127. The maximum atomic E-state index is 12.7. The van der Waals surface area contributed by atoms with Crippen molar-refractivity contribution in [3.63, 3.8) is 0 Å². The Bertz CT molecular complexity index is 806. The van der Waals surface area contributed by atoms with E-state index in [1.165, 1.54) is 0 Å². The molecule has 2 N–H and O–H groups in total. The summed E-state index contributed by atoms with van der Waals surface area (Å²) < 4.78 is 10.8. The summed E-state index contributed by atoms with van der Waals surface area (Å²) in [6.45, 7) is 1.52. The Morgan fingerprint density at radius 3 is 2.81 bits per heavy atom. The lowest BCUT2D eigenvalue weighted by Crippen LogP contribution is -2.33. The number of likely N-dealkylation sites (tertiary alicyclic amines) is 1. The van der Waals surface area contributed by atoms with Crippen LogP contribution in [0.25, 0.3) is 0 Å². The fourth-order valence-electron chi connectivity index (χ4n) is 3.88. The predicted molar refractivity (Wildman–Crippen MR) is 97.4 cm³/mol. The van der Waals surface area contributed by atoms with E-state index in [9.17, 15) is 4.79 Å². The Kier molecular flexibility index (Phi) is 4.82. The highest BCUT2D eigenvalue weighted by molar-refractivity contribution is 6.37. The highest BCUT2D eigenvalue weighted by atomic mass is 35.5. The number of rotatable bonds is 4. The zero-order valence-electron chi connectivity index (χ0n) is 14.0. The summed E-state index contributed by atoms with van der Waals surface area (Å²) in [6.07, 6.45) is 2.14. The van der Waals surface area contributed by atoms with Gasteiger partial charge >= 0.3 is 0 Å². The minimum Gasteiger partial charge on any atom is -0.482 e. The van der Waals surface area contributed by atoms with Crippen LogP contribution in [0.2, 0.25) is 10.0 Å². The maximum Gasteiger partial charge on any atom is 0.276 e. The molecule has 0 radical (unpaired) electrons. The smallest absolute Gasteiger partial charge is 0.276 e. The van der Waals surface area contributed by atoms with E-state index in [4.69, 9.17) is 38.2 Å². The Morgan fingerprint density at radius 1 is 1.31 bits per heavy atom. The molecule has 2 fully saturated rings. The molecule has 8 heteroatoms. The molecule has 6 nitrogen and oxygen atoms in total. The van der Waals surface area contributed by atoms with Crippen molar-refractivity contribution in [2.75, 3.05) is 13.1 Å². The van der Waals surface area contributed by atoms with Crippen LogP contribution in [0.15, 0.2) is 28.8 Å². The van der Waals surface area contributed by atoms with E-state index in [-0.39, 0.29) is 24.2 Å². The molecule has 1 amide bonds. The molecule has 0 spiro atoms. The van der Waals surface area contributed by atoms with Crippen molar-refractivity contribution in [2.45, 2.75) is 25.5 Å². The second-order valence-electron chi connectivity index (χ2n) is 6.89. The Morgan fingerprint density at radius 2 is 2.08 bits per heavy atom. The number of nitrogens with two attached hydrogens (primary N) is 1. The largest absolute Gasteiger partial charge is 0.482 e. The molecule has 138 valence electrons. The van der Waals surface area contributed by atoms with Gasteiger partial charge in [0, 0.05) is 25.2 Å². The van der Waals surface area contributed by atoms with E-state index in [0.717, 1.165) is 19.4 Å². The average molecular weight is 396 g/mol. The van der Waals surface area contributed by atoms with E-state index < -0.39 is 0 Å². The van der Waals surface area contributed by atoms with Gasteiger partial charge in [0.2, 0.25) is 0 Å². The summed E-state index contributed by atoms with van der Waals surface area (Å²) in [4.78, 5) is 14.5. The maximum absolute atomic E-state index is 12.7. The van der Waals surface area contributed by atoms with Crippen molar-refractivity contribution < 1.29 is 14.1 Å². The third-order valence-electron chi connectivity index (χ3n) is 5.26. The first-order valence-corrected chi connectivity index (χ1v) is 9.36. The topological polar surface area (TPSA) is 81.6 Å². The van der Waals surface area contributed by atoms with Gasteiger partial charge in [-0.25, -0.2) is 0 Å². The molecule has 2 aromatic rings. The zero-order valence-corrected chi connectivity index (χ0v) is 15.5. The number of hydrogen-bond donors (Lipinski definition) is 1. The Labute approximate surface area is 161 Å². The van der Waals surface area contributed by atoms with Gasteiger partial charge in [0.15, 0.2) is 17.2 Å². The van der Waals surface area contributed by atoms with E-state index in [1.54, 1.807) is 24.3 Å². The van der Waals surface area contributed by atoms with Gasteiger partial charge in [-0.05, 0) is 36.8 Å². The van der Waals surface area contributed by atoms with Crippen LogP contribution in [-0.4, -0.2) is 35.1 Å². The summed E-state index contributed by atoms with van der Waals surface area (Å²) in [5.74, 6) is 1.58. The van der Waals surface area contributed by atoms with Crippen LogP contribution in [-0.2, 0) is 6.61 Å². The van der Waals surface area contributed by atoms with Crippen LogP contribution >= 0.6 is 23.2 Å². The summed E-state index contributed by atoms with van der Waals surface area (Å²) in [5, 5.41) is 4.71. The van der Waals surface area contributed by atoms with Crippen LogP contribution in [0.1, 0.15) is 29.1 Å². The van der Waals surface area contributed by atoms with Crippen LogP contribution in [0.5, 0.6) is 5.75 Å². The molecule has 1 aliphatic carbocycles. The highest BCUT2D eigenvalue weighted by Crippen LogP contribution is 2.37. The number of benzene rings is 1. The first-order valence-electron chi connectivity index (χ1n) is 8.60. The van der Waals surface area contributed by atoms with E-state index >= 15 is 0 Å². The number of para-hydroxylation sites is 1. The second-order valence-corrected chi connectivity index (χ2v) is 7.71. The Balaban J connectivity index is 1.39. The van der Waals surface area contributed by atoms with Crippen LogP contribution in [0, 0.1) is 11.8 Å². The van der Waals surface area contributed by atoms with Crippen molar-refractivity contribution in [1.82, 2.24) is 10.1 Å². The number of aromatic nitrogens is 1. The molecule has 4 rings (SSSR count). The average Bonchev–Trinajstić information content (AvgIpc) is 3.32. The number of halogens is 2. The van der Waals surface area contributed by atoms with Gasteiger partial charge in [-0.1, -0.05) is 34.4 Å². The fraction of sp³-hybridized carbons (Fsp3) is 0.444. The fourth-order valence-corrected chi connectivity index (χ4v) is 4.39. The third kappa shape index (κ3) is 3.29. The summed E-state index contributed by atoms with van der Waals surface area (Å²) in [6, 6.07) is 6.90. The molecule has 2 aliphatic rings. The normalized spacial score (nSPS) is 24.7. The van der Waals surface area contributed by atoms with Gasteiger partial charge in [-0.2, -0.15) is 0 Å². The molecule has 0 bridgehead atoms. The van der Waals surface area contributed by atoms with Crippen molar-refractivity contribution in [1.29, 1.82) is 0 Å². The number of hydrogen-bond acceptors (Lipinski definition) is 5. The van der Waals surface area contributed by atoms with Gasteiger partial charge in [0.05, 0.1) is 10.0 Å². The summed E-state index contributed by atoms with van der Waals surface area (Å²) >= 11 is 12.1. The summed E-state index contributed by atoms with van der Waals surface area (Å²) in [5.41, 5.74) is 6.41. The molecule has 1 saturated carbocycles. The molecule has 3 unspecified atom stereocenters. The molecular formula is C18H19Cl2N3O3. The van der Waals surface area contributed by atoms with Crippen molar-refractivity contribution in [3.8, 4) is 5.75 Å². The minimum absolute atomic E-state index is 0.0832. The second kappa shape index (κ2) is 7.10. The van der Waals surface area contributed by atoms with Crippen molar-refractivity contribution >= 4 is 29.1 Å². The zero-order chi connectivity index (χ0) is 18.3. The van der Waals surface area contributed by atoms with E-state index in [1.807, 2.05) is 4.90 Å². The summed E-state index contributed by atoms with van der Waals surface area (Å²) in [7, 11) is 0. The number of carbonyl (C=O) groups is 1. The number of amides is 1. The van der Waals surface area contributed by atoms with Crippen molar-refractivity contribution in [3.05, 3.63) is 45.8 Å². The Hall–Kier alpha value is -1.76. The molecule has 2 heterocycles. The lowest BCUT2D eigenvalue weighted by Gasteiger charge is -2.17. The SMILES string of the molecule is NC1CCC2CN(C(=O)c3cc(COc4c(Cl)cccc4Cl)on3)CC12.